The predicted octanol–water partition coefficient (Wildman–Crippen LogP) is 1.42. The number of hydrogen-bond acceptors (Lipinski definition) is 7. The Morgan fingerprint density at radius 3 is 1.85 bits per heavy atom. The molecule has 156 valence electrons. The molecule has 0 aromatic carbocycles. The van der Waals surface area contributed by atoms with Crippen LogP contribution < -0.4 is 0 Å². The smallest absolute Gasteiger partial charge is 0.104 e. The van der Waals surface area contributed by atoms with Gasteiger partial charge in [0.05, 0.1) is 65.1 Å². The Labute approximate surface area is 161 Å². The van der Waals surface area contributed by atoms with Crippen LogP contribution in [0.4, 0.5) is 0 Å². The third kappa shape index (κ3) is 5.01. The van der Waals surface area contributed by atoms with Gasteiger partial charge in [-0.1, -0.05) is 27.7 Å². The summed E-state index contributed by atoms with van der Waals surface area (Å²) in [6, 6.07) is 0. The highest BCUT2D eigenvalue weighted by Crippen LogP contribution is 2.57. The molecule has 7 nitrogen and oxygen atoms in total. The summed E-state index contributed by atoms with van der Waals surface area (Å²) in [5.74, 6) is 0. The second-order valence-electron chi connectivity index (χ2n) is 9.43. The van der Waals surface area contributed by atoms with Crippen molar-refractivity contribution < 1.29 is 33.2 Å². The van der Waals surface area contributed by atoms with Crippen molar-refractivity contribution in [2.75, 3.05) is 52.9 Å². The lowest BCUT2D eigenvalue weighted by Gasteiger charge is -2.63. The van der Waals surface area contributed by atoms with Gasteiger partial charge in [0.15, 0.2) is 0 Å². The fourth-order valence-electron chi connectivity index (χ4n) is 4.57. The van der Waals surface area contributed by atoms with Gasteiger partial charge in [0.2, 0.25) is 0 Å². The molecule has 0 bridgehead atoms. The van der Waals surface area contributed by atoms with Crippen molar-refractivity contribution in [3.8, 4) is 0 Å². The van der Waals surface area contributed by atoms with Crippen LogP contribution in [0.25, 0.3) is 0 Å². The molecule has 0 spiro atoms. The molecule has 1 aliphatic carbocycles. The van der Waals surface area contributed by atoms with Crippen molar-refractivity contribution in [3.05, 3.63) is 0 Å². The SMILES string of the molecule is CC1(C)C(OCC(COCC2CO2)OCC2CO2)C(C)(C)C1OCC1CO1. The van der Waals surface area contributed by atoms with E-state index in [0.29, 0.717) is 33.0 Å². The molecule has 0 aromatic heterocycles. The molecule has 0 radical (unpaired) electrons. The molecule has 27 heavy (non-hydrogen) atoms. The van der Waals surface area contributed by atoms with Gasteiger partial charge in [0.25, 0.3) is 0 Å². The van der Waals surface area contributed by atoms with Gasteiger partial charge in [-0.3, -0.25) is 0 Å². The topological polar surface area (TPSA) is 74.5 Å². The van der Waals surface area contributed by atoms with Gasteiger partial charge in [-0.05, 0) is 0 Å². The number of ether oxygens (including phenoxy) is 7. The van der Waals surface area contributed by atoms with E-state index in [2.05, 4.69) is 27.7 Å². The van der Waals surface area contributed by atoms with Crippen LogP contribution in [0.15, 0.2) is 0 Å². The zero-order valence-corrected chi connectivity index (χ0v) is 17.0. The normalized spacial score (nSPS) is 38.9. The van der Waals surface area contributed by atoms with Crippen molar-refractivity contribution >= 4 is 0 Å². The molecule has 4 unspecified atom stereocenters. The summed E-state index contributed by atoms with van der Waals surface area (Å²) >= 11 is 0. The first-order valence-corrected chi connectivity index (χ1v) is 10.1. The van der Waals surface area contributed by atoms with Crippen LogP contribution in [-0.4, -0.2) is 89.5 Å². The summed E-state index contributed by atoms with van der Waals surface area (Å²) in [5, 5.41) is 0. The maximum Gasteiger partial charge on any atom is 0.104 e. The Balaban J connectivity index is 1.25. The van der Waals surface area contributed by atoms with Crippen molar-refractivity contribution in [3.63, 3.8) is 0 Å². The van der Waals surface area contributed by atoms with Crippen LogP contribution in [-0.2, 0) is 33.2 Å². The highest BCUT2D eigenvalue weighted by molar-refractivity contribution is 5.12. The molecule has 3 heterocycles. The highest BCUT2D eigenvalue weighted by Gasteiger charge is 2.63. The van der Waals surface area contributed by atoms with E-state index in [0.717, 1.165) is 19.8 Å². The molecule has 1 saturated carbocycles. The van der Waals surface area contributed by atoms with E-state index in [4.69, 9.17) is 33.2 Å². The van der Waals surface area contributed by atoms with E-state index >= 15 is 0 Å². The minimum Gasteiger partial charge on any atom is -0.376 e. The summed E-state index contributed by atoms with van der Waals surface area (Å²) in [4.78, 5) is 0. The fourth-order valence-corrected chi connectivity index (χ4v) is 4.57. The standard InChI is InChI=1S/C20H34O7/c1-19(2)17(20(3,4)18(19)27-12-16-10-25-16)26-11-14(23-8-15-9-24-15)6-21-5-13-7-22-13/h13-18H,5-12H2,1-4H3. The molecule has 7 heteroatoms. The van der Waals surface area contributed by atoms with Gasteiger partial charge >= 0.3 is 0 Å². The Hall–Kier alpha value is -0.280. The first-order valence-electron chi connectivity index (χ1n) is 10.1. The van der Waals surface area contributed by atoms with Crippen molar-refractivity contribution in [1.82, 2.24) is 0 Å². The van der Waals surface area contributed by atoms with E-state index in [1.54, 1.807) is 0 Å². The van der Waals surface area contributed by atoms with E-state index in [1.807, 2.05) is 0 Å². The maximum absolute atomic E-state index is 6.36. The van der Waals surface area contributed by atoms with Crippen LogP contribution in [0, 0.1) is 10.8 Å². The van der Waals surface area contributed by atoms with Crippen LogP contribution in [0.2, 0.25) is 0 Å². The summed E-state index contributed by atoms with van der Waals surface area (Å²) < 4.78 is 40.0. The second kappa shape index (κ2) is 7.86. The maximum atomic E-state index is 6.36. The lowest BCUT2D eigenvalue weighted by atomic mass is 9.51. The minimum absolute atomic E-state index is 0.0503. The number of hydrogen-bond donors (Lipinski definition) is 0. The molecule has 4 rings (SSSR count). The van der Waals surface area contributed by atoms with Crippen LogP contribution in [0.1, 0.15) is 27.7 Å². The van der Waals surface area contributed by atoms with Crippen LogP contribution >= 0.6 is 0 Å². The zero-order chi connectivity index (χ0) is 19.1. The minimum atomic E-state index is -0.0978. The first kappa shape index (κ1) is 20.0. The molecule has 0 amide bonds. The fraction of sp³-hybridized carbons (Fsp3) is 1.00. The van der Waals surface area contributed by atoms with Gasteiger partial charge in [0, 0.05) is 10.8 Å². The quantitative estimate of drug-likeness (QED) is 0.443. The first-order chi connectivity index (χ1) is 12.9. The average Bonchev–Trinajstić information content (AvgIpc) is 3.44. The van der Waals surface area contributed by atoms with Crippen molar-refractivity contribution in [2.45, 2.75) is 64.3 Å². The molecule has 3 saturated heterocycles. The van der Waals surface area contributed by atoms with Gasteiger partial charge < -0.3 is 33.2 Å². The predicted molar refractivity (Wildman–Crippen MR) is 96.8 cm³/mol. The third-order valence-corrected chi connectivity index (χ3v) is 5.93. The Bertz CT molecular complexity index is 481. The van der Waals surface area contributed by atoms with Crippen molar-refractivity contribution in [1.29, 1.82) is 0 Å². The second-order valence-corrected chi connectivity index (χ2v) is 9.43. The van der Waals surface area contributed by atoms with Crippen LogP contribution in [0.3, 0.4) is 0 Å². The molecule has 0 aromatic rings. The Kier molecular flexibility index (Phi) is 5.82. The number of epoxide rings is 3. The molecular formula is C20H34O7. The molecule has 4 atom stereocenters. The summed E-state index contributed by atoms with van der Waals surface area (Å²) in [6.07, 6.45) is 0.937. The average molecular weight is 386 g/mol. The zero-order valence-electron chi connectivity index (χ0n) is 17.0. The monoisotopic (exact) mass is 386 g/mol. The highest BCUT2D eigenvalue weighted by atomic mass is 16.6. The third-order valence-electron chi connectivity index (χ3n) is 5.93. The lowest BCUT2D eigenvalue weighted by molar-refractivity contribution is -0.289. The summed E-state index contributed by atoms with van der Waals surface area (Å²) in [7, 11) is 0. The van der Waals surface area contributed by atoms with Crippen molar-refractivity contribution in [2.24, 2.45) is 10.8 Å². The van der Waals surface area contributed by atoms with Crippen LogP contribution in [0.5, 0.6) is 0 Å². The van der Waals surface area contributed by atoms with E-state index in [9.17, 15) is 0 Å². The van der Waals surface area contributed by atoms with Gasteiger partial charge in [-0.25, -0.2) is 0 Å². The van der Waals surface area contributed by atoms with Gasteiger partial charge in [-0.2, -0.15) is 0 Å². The van der Waals surface area contributed by atoms with Gasteiger partial charge in [-0.15, -0.1) is 0 Å². The summed E-state index contributed by atoms with van der Waals surface area (Å²) in [5.41, 5.74) is -0.101. The van der Waals surface area contributed by atoms with Gasteiger partial charge in [0.1, 0.15) is 24.4 Å². The molecule has 4 fully saturated rings. The molecular weight excluding hydrogens is 352 g/mol. The van der Waals surface area contributed by atoms with E-state index < -0.39 is 0 Å². The Morgan fingerprint density at radius 2 is 1.26 bits per heavy atom. The van der Waals surface area contributed by atoms with E-state index in [-0.39, 0.29) is 47.5 Å². The Morgan fingerprint density at radius 1 is 0.741 bits per heavy atom. The largest absolute Gasteiger partial charge is 0.376 e. The van der Waals surface area contributed by atoms with E-state index in [1.165, 1.54) is 0 Å². The molecule has 0 N–H and O–H groups in total. The molecule has 4 aliphatic rings. The summed E-state index contributed by atoms with van der Waals surface area (Å²) in [6.45, 7) is 14.2. The lowest BCUT2D eigenvalue weighted by Crippen LogP contribution is -2.69. The number of rotatable bonds is 13. The molecule has 3 aliphatic heterocycles.